The van der Waals surface area contributed by atoms with E-state index in [2.05, 4.69) is 10.0 Å². The number of sulfonamides is 1. The molecule has 0 aliphatic heterocycles. The lowest BCUT2D eigenvalue weighted by atomic mass is 10.1. The molecule has 0 aliphatic rings. The topological polar surface area (TPSA) is 84.5 Å². The number of rotatable bonds is 9. The number of carbonyl (C=O) groups is 1. The molecule has 0 spiro atoms. The Morgan fingerprint density at radius 1 is 1.11 bits per heavy atom. The Morgan fingerprint density at radius 3 is 2.36 bits per heavy atom. The minimum atomic E-state index is -3.49. The summed E-state index contributed by atoms with van der Waals surface area (Å²) in [5.41, 5.74) is 2.45. The van der Waals surface area contributed by atoms with E-state index in [1.807, 2.05) is 19.9 Å². The molecule has 7 heteroatoms. The van der Waals surface area contributed by atoms with E-state index < -0.39 is 10.0 Å². The first-order valence-corrected chi connectivity index (χ1v) is 10.8. The Balaban J connectivity index is 1.91. The highest BCUT2D eigenvalue weighted by Gasteiger charge is 2.15. The maximum absolute atomic E-state index is 12.3. The Kier molecular flexibility index (Phi) is 7.60. The van der Waals surface area contributed by atoms with E-state index in [0.717, 1.165) is 16.9 Å². The summed E-state index contributed by atoms with van der Waals surface area (Å²) in [5, 5.41) is 2.89. The van der Waals surface area contributed by atoms with E-state index in [9.17, 15) is 13.2 Å². The largest absolute Gasteiger partial charge is 0.494 e. The molecule has 28 heavy (non-hydrogen) atoms. The third kappa shape index (κ3) is 6.07. The fraction of sp³-hybridized carbons (Fsp3) is 0.381. The summed E-state index contributed by atoms with van der Waals surface area (Å²) in [6.07, 6.45) is 0.611. The van der Waals surface area contributed by atoms with E-state index in [1.54, 1.807) is 50.2 Å². The van der Waals surface area contributed by atoms with Crippen LogP contribution in [-0.2, 0) is 16.4 Å². The van der Waals surface area contributed by atoms with Gasteiger partial charge in [0.2, 0.25) is 10.0 Å². The molecule has 0 saturated heterocycles. The van der Waals surface area contributed by atoms with E-state index in [0.29, 0.717) is 25.1 Å². The highest BCUT2D eigenvalue weighted by atomic mass is 32.2. The predicted molar refractivity (Wildman–Crippen MR) is 110 cm³/mol. The monoisotopic (exact) mass is 404 g/mol. The molecule has 2 aromatic rings. The first-order valence-electron chi connectivity index (χ1n) is 9.36. The van der Waals surface area contributed by atoms with Crippen LogP contribution in [0.2, 0.25) is 0 Å². The second kappa shape index (κ2) is 9.71. The van der Waals surface area contributed by atoms with Gasteiger partial charge in [-0.15, -0.1) is 0 Å². The molecule has 0 saturated carbocycles. The zero-order valence-corrected chi connectivity index (χ0v) is 17.6. The molecule has 0 fully saturated rings. The van der Waals surface area contributed by atoms with Gasteiger partial charge in [0.25, 0.3) is 5.91 Å². The van der Waals surface area contributed by atoms with E-state index >= 15 is 0 Å². The number of ether oxygens (including phenoxy) is 1. The van der Waals surface area contributed by atoms with Crippen molar-refractivity contribution in [1.82, 2.24) is 10.0 Å². The quantitative estimate of drug-likeness (QED) is 0.673. The van der Waals surface area contributed by atoms with Gasteiger partial charge in [-0.3, -0.25) is 4.79 Å². The molecular weight excluding hydrogens is 376 g/mol. The van der Waals surface area contributed by atoms with Crippen molar-refractivity contribution in [2.75, 3.05) is 13.2 Å². The minimum absolute atomic E-state index is 0.147. The van der Waals surface area contributed by atoms with Gasteiger partial charge in [-0.05, 0) is 75.6 Å². The summed E-state index contributed by atoms with van der Waals surface area (Å²) in [4.78, 5) is 12.5. The van der Waals surface area contributed by atoms with Crippen LogP contribution in [0.4, 0.5) is 0 Å². The SMILES string of the molecule is CCOc1ccc(C(=O)NCCc2ccc(S(=O)(=O)NC(C)C)cc2)cc1C. The van der Waals surface area contributed by atoms with Crippen molar-refractivity contribution in [2.45, 2.75) is 45.1 Å². The third-order valence-corrected chi connectivity index (χ3v) is 5.74. The molecule has 0 bridgehead atoms. The molecule has 0 aliphatic carbocycles. The second-order valence-electron chi connectivity index (χ2n) is 6.84. The number of aryl methyl sites for hydroxylation is 1. The fourth-order valence-corrected chi connectivity index (χ4v) is 4.00. The van der Waals surface area contributed by atoms with Gasteiger partial charge in [-0.25, -0.2) is 13.1 Å². The third-order valence-electron chi connectivity index (χ3n) is 4.06. The van der Waals surface area contributed by atoms with Gasteiger partial charge in [-0.2, -0.15) is 0 Å². The summed E-state index contributed by atoms with van der Waals surface area (Å²) in [6, 6.07) is 11.9. The lowest BCUT2D eigenvalue weighted by Gasteiger charge is -2.11. The van der Waals surface area contributed by atoms with Crippen molar-refractivity contribution in [3.05, 3.63) is 59.2 Å². The van der Waals surface area contributed by atoms with Crippen LogP contribution >= 0.6 is 0 Å². The van der Waals surface area contributed by atoms with E-state index in [4.69, 9.17) is 4.74 Å². The van der Waals surface area contributed by atoms with Crippen LogP contribution < -0.4 is 14.8 Å². The maximum Gasteiger partial charge on any atom is 0.251 e. The van der Waals surface area contributed by atoms with E-state index in [1.165, 1.54) is 0 Å². The summed E-state index contributed by atoms with van der Waals surface area (Å²) in [7, 11) is -3.49. The van der Waals surface area contributed by atoms with Crippen molar-refractivity contribution in [3.8, 4) is 5.75 Å². The number of carbonyl (C=O) groups excluding carboxylic acids is 1. The second-order valence-corrected chi connectivity index (χ2v) is 8.55. The van der Waals surface area contributed by atoms with Crippen LogP contribution in [0.3, 0.4) is 0 Å². The lowest BCUT2D eigenvalue weighted by Crippen LogP contribution is -2.30. The van der Waals surface area contributed by atoms with Crippen molar-refractivity contribution >= 4 is 15.9 Å². The summed E-state index contributed by atoms with van der Waals surface area (Å²) in [5.74, 6) is 0.632. The fourth-order valence-electron chi connectivity index (χ4n) is 2.74. The first kappa shape index (κ1) is 21.9. The predicted octanol–water partition coefficient (Wildman–Crippen LogP) is 3.05. The molecule has 152 valence electrons. The summed E-state index contributed by atoms with van der Waals surface area (Å²) >= 11 is 0. The number of hydrogen-bond acceptors (Lipinski definition) is 4. The lowest BCUT2D eigenvalue weighted by molar-refractivity contribution is 0.0954. The average molecular weight is 405 g/mol. The van der Waals surface area contributed by atoms with Crippen LogP contribution in [0.15, 0.2) is 47.4 Å². The minimum Gasteiger partial charge on any atom is -0.494 e. The Hall–Kier alpha value is -2.38. The molecule has 2 rings (SSSR count). The van der Waals surface area contributed by atoms with Crippen LogP contribution in [0.1, 0.15) is 42.3 Å². The smallest absolute Gasteiger partial charge is 0.251 e. The molecule has 0 atom stereocenters. The first-order chi connectivity index (χ1) is 13.2. The van der Waals surface area contributed by atoms with Gasteiger partial charge >= 0.3 is 0 Å². The van der Waals surface area contributed by atoms with Crippen LogP contribution in [0.25, 0.3) is 0 Å². The molecular formula is C21H28N2O4S. The number of nitrogens with one attached hydrogen (secondary N) is 2. The van der Waals surface area contributed by atoms with Crippen molar-refractivity contribution in [1.29, 1.82) is 0 Å². The average Bonchev–Trinajstić information content (AvgIpc) is 2.63. The van der Waals surface area contributed by atoms with Gasteiger partial charge < -0.3 is 10.1 Å². The molecule has 2 aromatic carbocycles. The maximum atomic E-state index is 12.3. The van der Waals surface area contributed by atoms with Crippen LogP contribution in [0, 0.1) is 6.92 Å². The molecule has 0 heterocycles. The zero-order chi connectivity index (χ0) is 20.7. The van der Waals surface area contributed by atoms with Gasteiger partial charge in [-0.1, -0.05) is 12.1 Å². The summed E-state index contributed by atoms with van der Waals surface area (Å²) < 4.78 is 32.3. The van der Waals surface area contributed by atoms with Gasteiger partial charge in [0.15, 0.2) is 0 Å². The number of benzene rings is 2. The van der Waals surface area contributed by atoms with Crippen LogP contribution in [0.5, 0.6) is 5.75 Å². The van der Waals surface area contributed by atoms with Gasteiger partial charge in [0.05, 0.1) is 11.5 Å². The molecule has 1 amide bonds. The summed E-state index contributed by atoms with van der Waals surface area (Å²) in [6.45, 7) is 8.43. The molecule has 0 aromatic heterocycles. The Bertz CT molecular complexity index is 907. The zero-order valence-electron chi connectivity index (χ0n) is 16.8. The molecule has 0 radical (unpaired) electrons. The van der Waals surface area contributed by atoms with Crippen LogP contribution in [-0.4, -0.2) is 33.5 Å². The highest BCUT2D eigenvalue weighted by molar-refractivity contribution is 7.89. The van der Waals surface area contributed by atoms with Crippen molar-refractivity contribution in [2.24, 2.45) is 0 Å². The van der Waals surface area contributed by atoms with Crippen molar-refractivity contribution in [3.63, 3.8) is 0 Å². The number of amides is 1. The normalized spacial score (nSPS) is 11.5. The standard InChI is InChI=1S/C21H28N2O4S/c1-5-27-20-11-8-18(14-16(20)4)21(24)22-13-12-17-6-9-19(10-7-17)28(25,26)23-15(2)3/h6-11,14-15,23H,5,12-13H2,1-4H3,(H,22,24). The molecule has 0 unspecified atom stereocenters. The number of hydrogen-bond donors (Lipinski definition) is 2. The van der Waals surface area contributed by atoms with E-state index in [-0.39, 0.29) is 16.8 Å². The van der Waals surface area contributed by atoms with Gasteiger partial charge in [0, 0.05) is 18.2 Å². The molecule has 2 N–H and O–H groups in total. The Labute approximate surface area is 167 Å². The molecule has 6 nitrogen and oxygen atoms in total. The van der Waals surface area contributed by atoms with Crippen molar-refractivity contribution < 1.29 is 17.9 Å². The highest BCUT2D eigenvalue weighted by Crippen LogP contribution is 2.19. The Morgan fingerprint density at radius 2 is 1.79 bits per heavy atom. The van der Waals surface area contributed by atoms with Gasteiger partial charge in [0.1, 0.15) is 5.75 Å².